The Labute approximate surface area is 236 Å². The Hall–Kier alpha value is -5.17. The summed E-state index contributed by atoms with van der Waals surface area (Å²) in [6.45, 7) is 0.490. The minimum Gasteiger partial charge on any atom is -0.489 e. The van der Waals surface area contributed by atoms with Crippen LogP contribution in [0.2, 0.25) is 0 Å². The Kier molecular flexibility index (Phi) is 6.32. The number of fused-ring (bicyclic) bond motifs is 3. The van der Waals surface area contributed by atoms with Gasteiger partial charge in [-0.2, -0.15) is 0 Å². The van der Waals surface area contributed by atoms with E-state index in [1.165, 1.54) is 0 Å². The number of ether oxygens (including phenoxy) is 1. The first-order valence-corrected chi connectivity index (χ1v) is 13.8. The van der Waals surface area contributed by atoms with Crippen LogP contribution >= 0.6 is 0 Å². The number of hydrogen-bond acceptors (Lipinski definition) is 4. The van der Waals surface area contributed by atoms with Gasteiger partial charge in [-0.15, -0.1) is 0 Å². The Morgan fingerprint density at radius 2 is 1.49 bits per heavy atom. The van der Waals surface area contributed by atoms with Crippen LogP contribution in [0.15, 0.2) is 114 Å². The zero-order valence-corrected chi connectivity index (χ0v) is 22.3. The van der Waals surface area contributed by atoms with Crippen molar-refractivity contribution in [2.45, 2.75) is 31.5 Å². The normalized spacial score (nSPS) is 16.4. The fraction of sp³-hybridized carbons (Fsp3) is 0.147. The van der Waals surface area contributed by atoms with Crippen LogP contribution < -0.4 is 15.6 Å². The summed E-state index contributed by atoms with van der Waals surface area (Å²) >= 11 is 0. The molecule has 1 amide bonds. The van der Waals surface area contributed by atoms with Gasteiger partial charge in [0.25, 0.3) is 5.56 Å². The molecular weight excluding hydrogens is 512 g/mol. The molecule has 7 nitrogen and oxygen atoms in total. The number of rotatable bonds is 7. The quantitative estimate of drug-likeness (QED) is 0.274. The third kappa shape index (κ3) is 4.76. The molecule has 4 aromatic carbocycles. The second-order valence-corrected chi connectivity index (χ2v) is 10.4. The SMILES string of the molecule is O=C1N[C@@H](Cc2ccc(OCc3ccccc3)cc2)c2nc3ccccc3c(=O)n2[C@H]1Cc1c[nH]c2ccccc12. The number of carbonyl (C=O) groups is 1. The maximum Gasteiger partial charge on any atom is 0.262 e. The van der Waals surface area contributed by atoms with Gasteiger partial charge in [0, 0.05) is 23.5 Å². The fourth-order valence-corrected chi connectivity index (χ4v) is 5.69. The van der Waals surface area contributed by atoms with E-state index in [2.05, 4.69) is 10.3 Å². The van der Waals surface area contributed by atoms with Crippen molar-refractivity contribution in [3.8, 4) is 5.75 Å². The van der Waals surface area contributed by atoms with Gasteiger partial charge in [0.15, 0.2) is 0 Å². The topological polar surface area (TPSA) is 89.0 Å². The van der Waals surface area contributed by atoms with E-state index in [-0.39, 0.29) is 11.5 Å². The number of aromatic nitrogens is 3. The fourth-order valence-electron chi connectivity index (χ4n) is 5.69. The number of aromatic amines is 1. The molecule has 3 heterocycles. The van der Waals surface area contributed by atoms with E-state index in [9.17, 15) is 9.59 Å². The summed E-state index contributed by atoms with van der Waals surface area (Å²) in [6, 6.07) is 32.0. The van der Waals surface area contributed by atoms with Crippen molar-refractivity contribution in [1.29, 1.82) is 0 Å². The molecule has 0 spiro atoms. The second-order valence-electron chi connectivity index (χ2n) is 10.4. The molecule has 2 aromatic heterocycles. The molecule has 0 radical (unpaired) electrons. The maximum absolute atomic E-state index is 13.9. The highest BCUT2D eigenvalue weighted by molar-refractivity contribution is 5.87. The van der Waals surface area contributed by atoms with Gasteiger partial charge in [-0.1, -0.05) is 72.8 Å². The van der Waals surface area contributed by atoms with Crippen molar-refractivity contribution in [3.05, 3.63) is 142 Å². The lowest BCUT2D eigenvalue weighted by molar-refractivity contribution is -0.126. The lowest BCUT2D eigenvalue weighted by atomic mass is 9.97. The first-order chi connectivity index (χ1) is 20.1. The number of carbonyl (C=O) groups excluding carboxylic acids is 1. The van der Waals surface area contributed by atoms with Crippen molar-refractivity contribution >= 4 is 27.7 Å². The molecule has 0 unspecified atom stereocenters. The number of para-hydroxylation sites is 2. The predicted octanol–water partition coefficient (Wildman–Crippen LogP) is 5.65. The Balaban J connectivity index is 1.20. The Morgan fingerprint density at radius 3 is 2.32 bits per heavy atom. The number of H-pyrrole nitrogens is 1. The molecule has 0 bridgehead atoms. The predicted molar refractivity (Wildman–Crippen MR) is 159 cm³/mol. The lowest BCUT2D eigenvalue weighted by Crippen LogP contribution is -2.49. The molecule has 1 aliphatic heterocycles. The van der Waals surface area contributed by atoms with Crippen molar-refractivity contribution in [3.63, 3.8) is 0 Å². The van der Waals surface area contributed by atoms with Crippen molar-refractivity contribution < 1.29 is 9.53 Å². The van der Waals surface area contributed by atoms with Crippen molar-refractivity contribution in [2.24, 2.45) is 0 Å². The van der Waals surface area contributed by atoms with E-state index in [4.69, 9.17) is 9.72 Å². The van der Waals surface area contributed by atoms with Crippen LogP contribution in [0.25, 0.3) is 21.8 Å². The van der Waals surface area contributed by atoms with Gasteiger partial charge in [0.05, 0.1) is 16.9 Å². The highest BCUT2D eigenvalue weighted by Gasteiger charge is 2.36. The molecule has 7 heteroatoms. The first kappa shape index (κ1) is 24.8. The number of nitrogens with one attached hydrogen (secondary N) is 2. The summed E-state index contributed by atoms with van der Waals surface area (Å²) in [6.07, 6.45) is 2.79. The lowest BCUT2D eigenvalue weighted by Gasteiger charge is -2.33. The van der Waals surface area contributed by atoms with Crippen LogP contribution in [-0.4, -0.2) is 20.4 Å². The Morgan fingerprint density at radius 1 is 0.756 bits per heavy atom. The van der Waals surface area contributed by atoms with E-state index in [0.29, 0.717) is 36.2 Å². The summed E-state index contributed by atoms with van der Waals surface area (Å²) < 4.78 is 7.55. The molecule has 7 rings (SSSR count). The van der Waals surface area contributed by atoms with Crippen LogP contribution in [0.5, 0.6) is 5.75 Å². The molecule has 2 atom stereocenters. The number of nitrogens with zero attached hydrogens (tertiary/aromatic N) is 2. The standard InChI is InChI=1S/C34H28N4O3/c39-33-31(19-24-20-35-28-12-6-4-10-26(24)28)38-32(36-29-13-7-5-11-27(29)34(38)40)30(37-33)18-22-14-16-25(17-15-22)41-21-23-8-2-1-3-9-23/h1-17,20,30-31,35H,18-19,21H2,(H,37,39)/t30-,31-/m0/s1. The van der Waals surface area contributed by atoms with Crippen LogP contribution in [-0.2, 0) is 24.2 Å². The van der Waals surface area contributed by atoms with Gasteiger partial charge in [-0.05, 0) is 53.4 Å². The van der Waals surface area contributed by atoms with Crippen molar-refractivity contribution in [2.75, 3.05) is 0 Å². The molecule has 0 saturated carbocycles. The van der Waals surface area contributed by atoms with Crippen molar-refractivity contribution in [1.82, 2.24) is 19.9 Å². The van der Waals surface area contributed by atoms with E-state index in [0.717, 1.165) is 33.3 Å². The molecule has 6 aromatic rings. The molecular formula is C34H28N4O3. The molecule has 0 fully saturated rings. The van der Waals surface area contributed by atoms with E-state index in [1.807, 2.05) is 103 Å². The van der Waals surface area contributed by atoms with Gasteiger partial charge >= 0.3 is 0 Å². The number of amides is 1. The van der Waals surface area contributed by atoms with Crippen LogP contribution in [0.3, 0.4) is 0 Å². The Bertz CT molecular complexity index is 1930. The number of benzene rings is 4. The van der Waals surface area contributed by atoms with E-state index >= 15 is 0 Å². The van der Waals surface area contributed by atoms with Gasteiger partial charge < -0.3 is 15.0 Å². The zero-order valence-electron chi connectivity index (χ0n) is 22.3. The zero-order chi connectivity index (χ0) is 27.8. The smallest absolute Gasteiger partial charge is 0.262 e. The molecule has 1 aliphatic rings. The van der Waals surface area contributed by atoms with Gasteiger partial charge in [0.2, 0.25) is 5.91 Å². The van der Waals surface area contributed by atoms with E-state index < -0.39 is 12.1 Å². The van der Waals surface area contributed by atoms with Crippen LogP contribution in [0.4, 0.5) is 0 Å². The third-order valence-electron chi connectivity index (χ3n) is 7.78. The summed E-state index contributed by atoms with van der Waals surface area (Å²) in [5, 5.41) is 4.73. The van der Waals surface area contributed by atoms with Crippen LogP contribution in [0.1, 0.15) is 34.6 Å². The maximum atomic E-state index is 13.9. The first-order valence-electron chi connectivity index (χ1n) is 13.8. The van der Waals surface area contributed by atoms with Gasteiger partial charge in [-0.3, -0.25) is 14.2 Å². The molecule has 202 valence electrons. The molecule has 0 aliphatic carbocycles. The largest absolute Gasteiger partial charge is 0.489 e. The number of hydrogen-bond donors (Lipinski definition) is 2. The summed E-state index contributed by atoms with van der Waals surface area (Å²) in [7, 11) is 0. The van der Waals surface area contributed by atoms with Gasteiger partial charge in [0.1, 0.15) is 24.2 Å². The third-order valence-corrected chi connectivity index (χ3v) is 7.78. The summed E-state index contributed by atoms with van der Waals surface area (Å²) in [5.74, 6) is 1.15. The minimum atomic E-state index is -0.709. The highest BCUT2D eigenvalue weighted by Crippen LogP contribution is 2.30. The molecule has 2 N–H and O–H groups in total. The van der Waals surface area contributed by atoms with Gasteiger partial charge in [-0.25, -0.2) is 4.98 Å². The average Bonchev–Trinajstić information content (AvgIpc) is 3.42. The van der Waals surface area contributed by atoms with E-state index in [1.54, 1.807) is 10.6 Å². The minimum absolute atomic E-state index is 0.185. The molecule has 0 saturated heterocycles. The second kappa shape index (κ2) is 10.4. The monoisotopic (exact) mass is 540 g/mol. The average molecular weight is 541 g/mol. The summed E-state index contributed by atoms with van der Waals surface area (Å²) in [5.41, 5.74) is 4.52. The molecule has 41 heavy (non-hydrogen) atoms. The highest BCUT2D eigenvalue weighted by atomic mass is 16.5. The summed E-state index contributed by atoms with van der Waals surface area (Å²) in [4.78, 5) is 35.7. The van der Waals surface area contributed by atoms with Crippen LogP contribution in [0, 0.1) is 0 Å².